The average Bonchev–Trinajstić information content (AvgIpc) is 2.93. The number of rotatable bonds is 4. The lowest BCUT2D eigenvalue weighted by molar-refractivity contribution is -0.122. The molecule has 134 valence electrons. The summed E-state index contributed by atoms with van der Waals surface area (Å²) in [6, 6.07) is 13.8. The number of benzene rings is 2. The molecule has 1 aliphatic heterocycles. The molecule has 4 nitrogen and oxygen atoms in total. The van der Waals surface area contributed by atoms with Gasteiger partial charge in [0.15, 0.2) is 5.17 Å². The number of likely N-dealkylation sites (N-methyl/N-ethyl adjacent to an activating group) is 1. The third kappa shape index (κ3) is 3.53. The number of thioether (sulfide) groups is 1. The van der Waals surface area contributed by atoms with Gasteiger partial charge in [-0.2, -0.15) is 0 Å². The largest absolute Gasteiger partial charge is 0.496 e. The molecule has 2 aromatic rings. The molecule has 1 aliphatic rings. The standard InChI is InChI=1S/C21H22N2O2S/c1-5-23-20(24)18(13-16-11-6-7-12-17(16)25-4)26-21(23)22-19-14(2)9-8-10-15(19)3/h6-13H,5H2,1-4H3/b18-13+,22-21?. The fourth-order valence-electron chi connectivity index (χ4n) is 2.87. The molecule has 0 N–H and O–H groups in total. The van der Waals surface area contributed by atoms with Crippen LogP contribution in [-0.4, -0.2) is 29.6 Å². The van der Waals surface area contributed by atoms with E-state index in [1.54, 1.807) is 12.0 Å². The molecule has 0 atom stereocenters. The quantitative estimate of drug-likeness (QED) is 0.720. The first kappa shape index (κ1) is 18.3. The minimum Gasteiger partial charge on any atom is -0.496 e. The van der Waals surface area contributed by atoms with Crippen molar-refractivity contribution in [3.05, 3.63) is 64.1 Å². The van der Waals surface area contributed by atoms with Crippen LogP contribution < -0.4 is 4.74 Å². The number of aliphatic imine (C=N–C) groups is 1. The topological polar surface area (TPSA) is 41.9 Å². The van der Waals surface area contributed by atoms with Crippen LogP contribution in [0.4, 0.5) is 5.69 Å². The van der Waals surface area contributed by atoms with Crippen molar-refractivity contribution in [1.82, 2.24) is 4.90 Å². The Kier molecular flexibility index (Phi) is 5.47. The van der Waals surface area contributed by atoms with E-state index in [-0.39, 0.29) is 5.91 Å². The Morgan fingerprint density at radius 2 is 1.81 bits per heavy atom. The molecule has 1 heterocycles. The van der Waals surface area contributed by atoms with Crippen molar-refractivity contribution in [2.45, 2.75) is 20.8 Å². The second-order valence-corrected chi connectivity index (χ2v) is 7.05. The van der Waals surface area contributed by atoms with Crippen molar-refractivity contribution in [2.75, 3.05) is 13.7 Å². The van der Waals surface area contributed by atoms with Crippen LogP contribution in [-0.2, 0) is 4.79 Å². The van der Waals surface area contributed by atoms with E-state index in [0.717, 1.165) is 33.3 Å². The molecule has 1 amide bonds. The summed E-state index contributed by atoms with van der Waals surface area (Å²) >= 11 is 1.41. The number of amidine groups is 1. The van der Waals surface area contributed by atoms with Gasteiger partial charge in [-0.15, -0.1) is 0 Å². The smallest absolute Gasteiger partial charge is 0.266 e. The molecular weight excluding hydrogens is 344 g/mol. The first-order valence-corrected chi connectivity index (χ1v) is 9.36. The maximum Gasteiger partial charge on any atom is 0.266 e. The number of carbonyl (C=O) groups is 1. The highest BCUT2D eigenvalue weighted by molar-refractivity contribution is 8.18. The van der Waals surface area contributed by atoms with Crippen molar-refractivity contribution in [3.8, 4) is 5.75 Å². The zero-order valence-electron chi connectivity index (χ0n) is 15.4. The summed E-state index contributed by atoms with van der Waals surface area (Å²) < 4.78 is 5.39. The fraction of sp³-hybridized carbons (Fsp3) is 0.238. The molecular formula is C21H22N2O2S. The Morgan fingerprint density at radius 3 is 2.46 bits per heavy atom. The summed E-state index contributed by atoms with van der Waals surface area (Å²) in [5.41, 5.74) is 4.02. The normalized spacial score (nSPS) is 17.4. The maximum atomic E-state index is 12.8. The van der Waals surface area contributed by atoms with E-state index in [1.807, 2.05) is 69.3 Å². The van der Waals surface area contributed by atoms with E-state index in [4.69, 9.17) is 9.73 Å². The lowest BCUT2D eigenvalue weighted by Crippen LogP contribution is -2.28. The van der Waals surface area contributed by atoms with Crippen molar-refractivity contribution in [3.63, 3.8) is 0 Å². The molecule has 0 bridgehead atoms. The number of hydrogen-bond acceptors (Lipinski definition) is 4. The van der Waals surface area contributed by atoms with Crippen LogP contribution in [0.1, 0.15) is 23.6 Å². The van der Waals surface area contributed by atoms with Crippen LogP contribution in [0.3, 0.4) is 0 Å². The number of methoxy groups -OCH3 is 1. The molecule has 0 aliphatic carbocycles. The molecule has 0 aromatic heterocycles. The van der Waals surface area contributed by atoms with Gasteiger partial charge in [0, 0.05) is 12.1 Å². The number of amides is 1. The molecule has 5 heteroatoms. The van der Waals surface area contributed by atoms with E-state index in [1.165, 1.54) is 11.8 Å². The van der Waals surface area contributed by atoms with Crippen molar-refractivity contribution >= 4 is 34.6 Å². The summed E-state index contributed by atoms with van der Waals surface area (Å²) in [5, 5.41) is 0.719. The summed E-state index contributed by atoms with van der Waals surface area (Å²) in [6.07, 6.45) is 1.88. The van der Waals surface area contributed by atoms with Gasteiger partial charge in [0.2, 0.25) is 0 Å². The van der Waals surface area contributed by atoms with E-state index < -0.39 is 0 Å². The highest BCUT2D eigenvalue weighted by atomic mass is 32.2. The molecule has 0 spiro atoms. The minimum absolute atomic E-state index is 0.0200. The van der Waals surface area contributed by atoms with Crippen molar-refractivity contribution in [2.24, 2.45) is 4.99 Å². The second kappa shape index (κ2) is 7.79. The summed E-state index contributed by atoms with van der Waals surface area (Å²) in [6.45, 7) is 6.62. The summed E-state index contributed by atoms with van der Waals surface area (Å²) in [4.78, 5) is 20.0. The van der Waals surface area contributed by atoms with Crippen LogP contribution in [0.2, 0.25) is 0 Å². The van der Waals surface area contributed by atoms with Gasteiger partial charge in [-0.3, -0.25) is 9.69 Å². The predicted octanol–water partition coefficient (Wildman–Crippen LogP) is 4.94. The Labute approximate surface area is 158 Å². The van der Waals surface area contributed by atoms with Crippen molar-refractivity contribution < 1.29 is 9.53 Å². The number of aryl methyl sites for hydroxylation is 2. The van der Waals surface area contributed by atoms with E-state index in [2.05, 4.69) is 0 Å². The molecule has 0 saturated carbocycles. The molecule has 1 fully saturated rings. The highest BCUT2D eigenvalue weighted by Crippen LogP contribution is 2.36. The number of para-hydroxylation sites is 2. The zero-order chi connectivity index (χ0) is 18.7. The molecule has 0 unspecified atom stereocenters. The summed E-state index contributed by atoms with van der Waals surface area (Å²) in [7, 11) is 1.63. The number of nitrogens with zero attached hydrogens (tertiary/aromatic N) is 2. The molecule has 0 radical (unpaired) electrons. The Balaban J connectivity index is 2.01. The van der Waals surface area contributed by atoms with Crippen molar-refractivity contribution in [1.29, 1.82) is 0 Å². The van der Waals surface area contributed by atoms with Crippen LogP contribution in [0.5, 0.6) is 5.75 Å². The van der Waals surface area contributed by atoms with Gasteiger partial charge in [-0.05, 0) is 55.8 Å². The van der Waals surface area contributed by atoms with Gasteiger partial charge in [0.1, 0.15) is 5.75 Å². The highest BCUT2D eigenvalue weighted by Gasteiger charge is 2.32. The Morgan fingerprint density at radius 1 is 1.12 bits per heavy atom. The Bertz CT molecular complexity index is 882. The minimum atomic E-state index is -0.0200. The van der Waals surface area contributed by atoms with Gasteiger partial charge >= 0.3 is 0 Å². The zero-order valence-corrected chi connectivity index (χ0v) is 16.3. The first-order chi connectivity index (χ1) is 12.5. The van der Waals surface area contributed by atoms with Crippen LogP contribution >= 0.6 is 11.8 Å². The van der Waals surface area contributed by atoms with Gasteiger partial charge in [-0.25, -0.2) is 4.99 Å². The Hall–Kier alpha value is -2.53. The third-order valence-corrected chi connectivity index (χ3v) is 5.28. The molecule has 26 heavy (non-hydrogen) atoms. The summed E-state index contributed by atoms with van der Waals surface area (Å²) in [5.74, 6) is 0.727. The number of hydrogen-bond donors (Lipinski definition) is 0. The van der Waals surface area contributed by atoms with Gasteiger partial charge in [0.05, 0.1) is 17.7 Å². The average molecular weight is 366 g/mol. The predicted molar refractivity (Wildman–Crippen MR) is 109 cm³/mol. The molecule has 3 rings (SSSR count). The van der Waals surface area contributed by atoms with Gasteiger partial charge in [0.25, 0.3) is 5.91 Å². The van der Waals surface area contributed by atoms with Crippen LogP contribution in [0.15, 0.2) is 52.4 Å². The lowest BCUT2D eigenvalue weighted by atomic mass is 10.1. The lowest BCUT2D eigenvalue weighted by Gasteiger charge is -2.13. The second-order valence-electron chi connectivity index (χ2n) is 6.04. The number of carbonyl (C=O) groups excluding carboxylic acids is 1. The van der Waals surface area contributed by atoms with Gasteiger partial charge in [-0.1, -0.05) is 36.4 Å². The van der Waals surface area contributed by atoms with E-state index in [0.29, 0.717) is 11.4 Å². The number of ether oxygens (including phenoxy) is 1. The maximum absolute atomic E-state index is 12.8. The third-order valence-electron chi connectivity index (χ3n) is 4.28. The van der Waals surface area contributed by atoms with Gasteiger partial charge < -0.3 is 4.74 Å². The fourth-order valence-corrected chi connectivity index (χ4v) is 3.91. The van der Waals surface area contributed by atoms with E-state index >= 15 is 0 Å². The first-order valence-electron chi connectivity index (χ1n) is 8.54. The van der Waals surface area contributed by atoms with Crippen LogP contribution in [0.25, 0.3) is 6.08 Å². The SMILES string of the molecule is CCN1C(=O)/C(=C\c2ccccc2OC)SC1=Nc1c(C)cccc1C. The molecule has 1 saturated heterocycles. The molecule has 2 aromatic carbocycles. The van der Waals surface area contributed by atoms with Crippen LogP contribution in [0, 0.1) is 13.8 Å². The monoisotopic (exact) mass is 366 g/mol. The van der Waals surface area contributed by atoms with E-state index in [9.17, 15) is 4.79 Å².